The Morgan fingerprint density at radius 1 is 1.20 bits per heavy atom. The Labute approximate surface area is 133 Å². The van der Waals surface area contributed by atoms with Crippen LogP contribution in [0.15, 0.2) is 18.2 Å². The Balaban J connectivity index is 1.85. The maximum Gasteiger partial charge on any atom is 0.0468 e. The number of benzene rings is 1. The summed E-state index contributed by atoms with van der Waals surface area (Å²) in [6.07, 6.45) is 9.45. The highest BCUT2D eigenvalue weighted by Gasteiger charge is 2.16. The van der Waals surface area contributed by atoms with E-state index in [2.05, 4.69) is 12.2 Å². The summed E-state index contributed by atoms with van der Waals surface area (Å²) in [7, 11) is 0. The molecule has 2 rings (SSSR count). The molecule has 0 radical (unpaired) electrons. The van der Waals surface area contributed by atoms with Gasteiger partial charge in [-0.05, 0) is 43.0 Å². The second-order valence-electron chi connectivity index (χ2n) is 5.87. The quantitative estimate of drug-likeness (QED) is 0.678. The minimum Gasteiger partial charge on any atom is -0.310 e. The molecule has 1 N–H and O–H groups in total. The van der Waals surface area contributed by atoms with Gasteiger partial charge in [0.15, 0.2) is 0 Å². The van der Waals surface area contributed by atoms with Gasteiger partial charge in [0.05, 0.1) is 0 Å². The fourth-order valence-corrected chi connectivity index (χ4v) is 3.74. The van der Waals surface area contributed by atoms with Crippen molar-refractivity contribution in [2.45, 2.75) is 57.9 Å². The summed E-state index contributed by atoms with van der Waals surface area (Å²) in [4.78, 5) is 0. The standard InChI is InChI=1S/C17H25Cl2N/c1-2-17(15-9-8-14(18)12-16(15)19)20-11-10-13-6-4-3-5-7-13/h8-9,12-13,17,20H,2-7,10-11H2,1H3. The van der Waals surface area contributed by atoms with Crippen LogP contribution >= 0.6 is 23.2 Å². The van der Waals surface area contributed by atoms with Crippen molar-refractivity contribution >= 4 is 23.2 Å². The van der Waals surface area contributed by atoms with Crippen molar-refractivity contribution in [3.05, 3.63) is 33.8 Å². The number of hydrogen-bond donors (Lipinski definition) is 1. The summed E-state index contributed by atoms with van der Waals surface area (Å²) in [5.74, 6) is 0.925. The summed E-state index contributed by atoms with van der Waals surface area (Å²) >= 11 is 12.3. The molecule has 0 saturated heterocycles. The second kappa shape index (κ2) is 8.26. The molecule has 1 saturated carbocycles. The van der Waals surface area contributed by atoms with Crippen LogP contribution < -0.4 is 5.32 Å². The summed E-state index contributed by atoms with van der Waals surface area (Å²) in [5, 5.41) is 5.14. The van der Waals surface area contributed by atoms with E-state index >= 15 is 0 Å². The van der Waals surface area contributed by atoms with Crippen molar-refractivity contribution in [2.24, 2.45) is 5.92 Å². The number of halogens is 2. The van der Waals surface area contributed by atoms with Crippen molar-refractivity contribution in [1.82, 2.24) is 5.32 Å². The van der Waals surface area contributed by atoms with Gasteiger partial charge in [-0.25, -0.2) is 0 Å². The smallest absolute Gasteiger partial charge is 0.0468 e. The Kier molecular flexibility index (Phi) is 6.67. The highest BCUT2D eigenvalue weighted by atomic mass is 35.5. The maximum atomic E-state index is 6.31. The van der Waals surface area contributed by atoms with Gasteiger partial charge in [0, 0.05) is 16.1 Å². The van der Waals surface area contributed by atoms with Gasteiger partial charge >= 0.3 is 0 Å². The SMILES string of the molecule is CCC(NCCC1CCCCC1)c1ccc(Cl)cc1Cl. The Morgan fingerprint density at radius 3 is 2.60 bits per heavy atom. The molecule has 112 valence electrons. The molecule has 3 heteroatoms. The third kappa shape index (κ3) is 4.65. The van der Waals surface area contributed by atoms with E-state index in [9.17, 15) is 0 Å². The molecule has 1 aromatic carbocycles. The summed E-state index contributed by atoms with van der Waals surface area (Å²) < 4.78 is 0. The third-order valence-electron chi connectivity index (χ3n) is 4.41. The van der Waals surface area contributed by atoms with Gasteiger partial charge in [-0.3, -0.25) is 0 Å². The molecule has 20 heavy (non-hydrogen) atoms. The second-order valence-corrected chi connectivity index (χ2v) is 6.72. The minimum atomic E-state index is 0.336. The molecule has 0 amide bonds. The first-order valence-corrected chi connectivity index (χ1v) is 8.64. The average molecular weight is 314 g/mol. The molecule has 0 aliphatic heterocycles. The van der Waals surface area contributed by atoms with E-state index in [-0.39, 0.29) is 0 Å². The van der Waals surface area contributed by atoms with Crippen molar-refractivity contribution in [3.63, 3.8) is 0 Å². The first-order chi connectivity index (χ1) is 9.70. The van der Waals surface area contributed by atoms with Crippen LogP contribution in [-0.4, -0.2) is 6.54 Å². The normalized spacial score (nSPS) is 18.1. The predicted molar refractivity (Wildman–Crippen MR) is 88.7 cm³/mol. The van der Waals surface area contributed by atoms with Gasteiger partial charge < -0.3 is 5.32 Å². The number of rotatable bonds is 6. The minimum absolute atomic E-state index is 0.336. The predicted octanol–water partition coefficient (Wildman–Crippen LogP) is 6.00. The fraction of sp³-hybridized carbons (Fsp3) is 0.647. The molecule has 1 fully saturated rings. The Hall–Kier alpha value is -0.240. The van der Waals surface area contributed by atoms with E-state index < -0.39 is 0 Å². The van der Waals surface area contributed by atoms with E-state index in [1.54, 1.807) is 0 Å². The van der Waals surface area contributed by atoms with Gasteiger partial charge in [-0.1, -0.05) is 68.3 Å². The zero-order valence-corrected chi connectivity index (χ0v) is 13.8. The Bertz CT molecular complexity index is 413. The van der Waals surface area contributed by atoms with E-state index in [1.165, 1.54) is 44.1 Å². The average Bonchev–Trinajstić information content (AvgIpc) is 2.46. The van der Waals surface area contributed by atoms with Crippen molar-refractivity contribution < 1.29 is 0 Å². The molecule has 0 spiro atoms. The van der Waals surface area contributed by atoms with Gasteiger partial charge in [-0.2, -0.15) is 0 Å². The monoisotopic (exact) mass is 313 g/mol. The molecule has 1 aliphatic rings. The fourth-order valence-electron chi connectivity index (χ4n) is 3.20. The zero-order chi connectivity index (χ0) is 14.4. The zero-order valence-electron chi connectivity index (χ0n) is 12.3. The van der Waals surface area contributed by atoms with Gasteiger partial charge in [-0.15, -0.1) is 0 Å². The van der Waals surface area contributed by atoms with E-state index in [0.29, 0.717) is 11.1 Å². The van der Waals surface area contributed by atoms with Crippen molar-refractivity contribution in [2.75, 3.05) is 6.54 Å². The van der Waals surface area contributed by atoms with Gasteiger partial charge in [0.1, 0.15) is 0 Å². The van der Waals surface area contributed by atoms with Crippen LogP contribution in [0.25, 0.3) is 0 Å². The Morgan fingerprint density at radius 2 is 1.95 bits per heavy atom. The molecular formula is C17H25Cl2N. The number of nitrogens with one attached hydrogen (secondary N) is 1. The lowest BCUT2D eigenvalue weighted by molar-refractivity contribution is 0.327. The lowest BCUT2D eigenvalue weighted by atomic mass is 9.87. The number of hydrogen-bond acceptors (Lipinski definition) is 1. The first-order valence-electron chi connectivity index (χ1n) is 7.89. The van der Waals surface area contributed by atoms with Gasteiger partial charge in [0.25, 0.3) is 0 Å². The molecule has 1 atom stereocenters. The molecule has 0 aromatic heterocycles. The van der Waals surface area contributed by atoms with Gasteiger partial charge in [0.2, 0.25) is 0 Å². The van der Waals surface area contributed by atoms with Crippen LogP contribution in [0.4, 0.5) is 0 Å². The third-order valence-corrected chi connectivity index (χ3v) is 4.98. The summed E-state index contributed by atoms with van der Waals surface area (Å²) in [6, 6.07) is 6.15. The van der Waals surface area contributed by atoms with Crippen LogP contribution in [0.3, 0.4) is 0 Å². The topological polar surface area (TPSA) is 12.0 Å². The molecule has 1 unspecified atom stereocenters. The lowest BCUT2D eigenvalue weighted by Gasteiger charge is -2.24. The van der Waals surface area contributed by atoms with Crippen molar-refractivity contribution in [3.8, 4) is 0 Å². The summed E-state index contributed by atoms with van der Waals surface area (Å²) in [5.41, 5.74) is 1.17. The van der Waals surface area contributed by atoms with Crippen LogP contribution in [0.1, 0.15) is 63.5 Å². The molecule has 0 bridgehead atoms. The molecule has 1 aromatic rings. The molecule has 1 aliphatic carbocycles. The summed E-state index contributed by atoms with van der Waals surface area (Å²) in [6.45, 7) is 3.28. The highest BCUT2D eigenvalue weighted by molar-refractivity contribution is 6.35. The van der Waals surface area contributed by atoms with Crippen LogP contribution in [0, 0.1) is 5.92 Å². The molecule has 1 nitrogen and oxygen atoms in total. The lowest BCUT2D eigenvalue weighted by Crippen LogP contribution is -2.24. The molecular weight excluding hydrogens is 289 g/mol. The maximum absolute atomic E-state index is 6.31. The van der Waals surface area contributed by atoms with E-state index in [1.807, 2.05) is 18.2 Å². The van der Waals surface area contributed by atoms with Crippen LogP contribution in [0.2, 0.25) is 10.0 Å². The largest absolute Gasteiger partial charge is 0.310 e. The highest BCUT2D eigenvalue weighted by Crippen LogP contribution is 2.29. The van der Waals surface area contributed by atoms with E-state index in [0.717, 1.165) is 23.9 Å². The molecule has 0 heterocycles. The van der Waals surface area contributed by atoms with E-state index in [4.69, 9.17) is 23.2 Å². The van der Waals surface area contributed by atoms with Crippen LogP contribution in [-0.2, 0) is 0 Å². The first kappa shape index (κ1) is 16.1. The van der Waals surface area contributed by atoms with Crippen LogP contribution in [0.5, 0.6) is 0 Å². The van der Waals surface area contributed by atoms with Crippen molar-refractivity contribution in [1.29, 1.82) is 0 Å².